The van der Waals surface area contributed by atoms with Crippen molar-refractivity contribution < 1.29 is 26.4 Å². The van der Waals surface area contributed by atoms with Crippen molar-refractivity contribution in [1.29, 1.82) is 0 Å². The van der Waals surface area contributed by atoms with Crippen LogP contribution in [0.4, 0.5) is 23.3 Å². The predicted octanol–water partition coefficient (Wildman–Crippen LogP) is 3.85. The molecule has 4 N–H and O–H groups in total. The number of rotatable bonds is 12. The van der Waals surface area contributed by atoms with Crippen LogP contribution in [-0.2, 0) is 29.6 Å². The van der Waals surface area contributed by atoms with E-state index in [0.29, 0.717) is 34.2 Å². The topological polar surface area (TPSA) is 202 Å². The normalized spacial score (nSPS) is 11.5. The summed E-state index contributed by atoms with van der Waals surface area (Å²) >= 11 is 0. The average Bonchev–Trinajstić information content (AvgIpc) is 2.92. The molecule has 0 unspecified atom stereocenters. The molecule has 0 fully saturated rings. The molecule has 2 heterocycles. The van der Waals surface area contributed by atoms with E-state index in [-0.39, 0.29) is 52.8 Å². The van der Waals surface area contributed by atoms with E-state index in [2.05, 4.69) is 40.0 Å². The van der Waals surface area contributed by atoms with Gasteiger partial charge in [0.25, 0.3) is 20.0 Å². The summed E-state index contributed by atoms with van der Waals surface area (Å²) in [5, 5.41) is 5.34. The van der Waals surface area contributed by atoms with Crippen LogP contribution in [0.25, 0.3) is 0 Å². The molecule has 0 saturated carbocycles. The standard InChI is InChI=1S/C29H32N8O6S2/c1-18-16-19(2)31-28(30-18)36-44(40,41)24-12-8-22(9-13-24)34-26(38)6-5-7-27(39)35-23-10-14-25(15-11-23)45(42,43)37-29-32-20(3)17-21(4)33-29/h8-17H,5-7H2,1-4H3,(H,34,38)(H,35,39)(H,30,31,36)(H,32,33,37). The molecule has 0 bridgehead atoms. The number of aryl methyl sites for hydroxylation is 4. The van der Waals surface area contributed by atoms with Crippen molar-refractivity contribution in [3.8, 4) is 0 Å². The van der Waals surface area contributed by atoms with Gasteiger partial charge in [0.2, 0.25) is 23.7 Å². The Morgan fingerprint density at radius 2 is 0.867 bits per heavy atom. The number of aromatic nitrogens is 4. The van der Waals surface area contributed by atoms with E-state index in [1.54, 1.807) is 39.8 Å². The first-order valence-electron chi connectivity index (χ1n) is 13.7. The molecule has 4 rings (SSSR count). The number of sulfonamides is 2. The van der Waals surface area contributed by atoms with Gasteiger partial charge in [0.05, 0.1) is 9.79 Å². The predicted molar refractivity (Wildman–Crippen MR) is 169 cm³/mol. The molecule has 2 aromatic heterocycles. The molecule has 0 spiro atoms. The van der Waals surface area contributed by atoms with Gasteiger partial charge in [-0.2, -0.15) is 0 Å². The summed E-state index contributed by atoms with van der Waals surface area (Å²) in [5.41, 5.74) is 3.26. The second kappa shape index (κ2) is 13.8. The molecule has 0 saturated heterocycles. The summed E-state index contributed by atoms with van der Waals surface area (Å²) in [7, 11) is -7.88. The van der Waals surface area contributed by atoms with Crippen LogP contribution in [0.5, 0.6) is 0 Å². The van der Waals surface area contributed by atoms with Crippen molar-refractivity contribution in [2.75, 3.05) is 20.1 Å². The van der Waals surface area contributed by atoms with Crippen molar-refractivity contribution in [2.24, 2.45) is 0 Å². The van der Waals surface area contributed by atoms with Crippen molar-refractivity contribution in [3.05, 3.63) is 83.4 Å². The smallest absolute Gasteiger partial charge is 0.264 e. The van der Waals surface area contributed by atoms with Gasteiger partial charge in [-0.05, 0) is 94.8 Å². The SMILES string of the molecule is Cc1cc(C)nc(NS(=O)(=O)c2ccc(NC(=O)CCCC(=O)Nc3ccc(S(=O)(=O)Nc4nc(C)cc(C)n4)cc3)cc2)n1. The van der Waals surface area contributed by atoms with Crippen LogP contribution in [0.3, 0.4) is 0 Å². The molecule has 0 atom stereocenters. The average molecular weight is 653 g/mol. The molecular formula is C29H32N8O6S2. The number of amides is 2. The van der Waals surface area contributed by atoms with Crippen LogP contribution in [0.1, 0.15) is 42.0 Å². The van der Waals surface area contributed by atoms with Crippen LogP contribution in [0.15, 0.2) is 70.5 Å². The second-order valence-corrected chi connectivity index (χ2v) is 13.5. The maximum atomic E-state index is 12.7. The molecule has 2 amide bonds. The summed E-state index contributed by atoms with van der Waals surface area (Å²) in [5.74, 6) is -0.767. The van der Waals surface area contributed by atoms with Gasteiger partial charge in [0.15, 0.2) is 0 Å². The summed E-state index contributed by atoms with van der Waals surface area (Å²) in [4.78, 5) is 41.0. The Morgan fingerprint density at radius 3 is 1.18 bits per heavy atom. The van der Waals surface area contributed by atoms with E-state index in [4.69, 9.17) is 0 Å². The van der Waals surface area contributed by atoms with Crippen LogP contribution in [0.2, 0.25) is 0 Å². The minimum Gasteiger partial charge on any atom is -0.326 e. The van der Waals surface area contributed by atoms with E-state index in [0.717, 1.165) is 0 Å². The largest absolute Gasteiger partial charge is 0.326 e. The zero-order valence-electron chi connectivity index (χ0n) is 24.9. The monoisotopic (exact) mass is 652 g/mol. The van der Waals surface area contributed by atoms with Gasteiger partial charge in [-0.1, -0.05) is 0 Å². The highest BCUT2D eigenvalue weighted by Crippen LogP contribution is 2.19. The number of hydrogen-bond donors (Lipinski definition) is 4. The lowest BCUT2D eigenvalue weighted by molar-refractivity contribution is -0.117. The third kappa shape index (κ3) is 9.51. The Balaban J connectivity index is 1.22. The quantitative estimate of drug-likeness (QED) is 0.174. The molecule has 2 aromatic carbocycles. The Kier molecular flexibility index (Phi) is 10.1. The number of anilines is 4. The number of benzene rings is 2. The fraction of sp³-hybridized carbons (Fsp3) is 0.241. The molecule has 236 valence electrons. The molecule has 0 aliphatic rings. The minimum atomic E-state index is -3.94. The lowest BCUT2D eigenvalue weighted by atomic mass is 10.2. The highest BCUT2D eigenvalue weighted by atomic mass is 32.2. The summed E-state index contributed by atoms with van der Waals surface area (Å²) in [6, 6.07) is 14.6. The van der Waals surface area contributed by atoms with Gasteiger partial charge < -0.3 is 10.6 Å². The zero-order chi connectivity index (χ0) is 32.8. The summed E-state index contributed by atoms with van der Waals surface area (Å²) < 4.78 is 55.5. The Bertz CT molecular complexity index is 1750. The van der Waals surface area contributed by atoms with Crippen molar-refractivity contribution >= 4 is 55.1 Å². The number of nitrogens with zero attached hydrogens (tertiary/aromatic N) is 4. The molecule has 4 aromatic rings. The number of carbonyl (C=O) groups is 2. The highest BCUT2D eigenvalue weighted by Gasteiger charge is 2.18. The van der Waals surface area contributed by atoms with Crippen LogP contribution in [-0.4, -0.2) is 48.6 Å². The number of nitrogens with one attached hydrogen (secondary N) is 4. The highest BCUT2D eigenvalue weighted by molar-refractivity contribution is 7.93. The Morgan fingerprint density at radius 1 is 0.556 bits per heavy atom. The fourth-order valence-electron chi connectivity index (χ4n) is 4.19. The molecule has 45 heavy (non-hydrogen) atoms. The fourth-order valence-corrected chi connectivity index (χ4v) is 6.08. The molecule has 14 nitrogen and oxygen atoms in total. The van der Waals surface area contributed by atoms with E-state index < -0.39 is 20.0 Å². The van der Waals surface area contributed by atoms with Gasteiger partial charge in [0.1, 0.15) is 0 Å². The first-order chi connectivity index (χ1) is 21.2. The third-order valence-corrected chi connectivity index (χ3v) is 8.81. The molecule has 0 radical (unpaired) electrons. The molecule has 16 heteroatoms. The van der Waals surface area contributed by atoms with Crippen LogP contribution < -0.4 is 20.1 Å². The summed E-state index contributed by atoms with van der Waals surface area (Å²) in [6.07, 6.45) is 0.334. The lowest BCUT2D eigenvalue weighted by Gasteiger charge is -2.10. The van der Waals surface area contributed by atoms with Gasteiger partial charge in [-0.25, -0.2) is 46.2 Å². The van der Waals surface area contributed by atoms with E-state index in [1.807, 2.05) is 0 Å². The van der Waals surface area contributed by atoms with E-state index >= 15 is 0 Å². The van der Waals surface area contributed by atoms with Crippen molar-refractivity contribution in [2.45, 2.75) is 56.7 Å². The van der Waals surface area contributed by atoms with Crippen LogP contribution in [0, 0.1) is 27.7 Å². The Labute approximate surface area is 261 Å². The molecule has 0 aliphatic carbocycles. The zero-order valence-corrected chi connectivity index (χ0v) is 26.6. The summed E-state index contributed by atoms with van der Waals surface area (Å²) in [6.45, 7) is 6.92. The van der Waals surface area contributed by atoms with Crippen molar-refractivity contribution in [1.82, 2.24) is 19.9 Å². The Hall–Kier alpha value is -4.96. The maximum absolute atomic E-state index is 12.7. The number of carbonyl (C=O) groups excluding carboxylic acids is 2. The first-order valence-corrected chi connectivity index (χ1v) is 16.7. The molecule has 0 aliphatic heterocycles. The van der Waals surface area contributed by atoms with E-state index in [1.165, 1.54) is 48.5 Å². The van der Waals surface area contributed by atoms with Crippen molar-refractivity contribution in [3.63, 3.8) is 0 Å². The number of hydrogen-bond acceptors (Lipinski definition) is 10. The van der Waals surface area contributed by atoms with Gasteiger partial charge in [-0.15, -0.1) is 0 Å². The second-order valence-electron chi connectivity index (χ2n) is 10.2. The third-order valence-electron chi connectivity index (χ3n) is 6.12. The lowest BCUT2D eigenvalue weighted by Crippen LogP contribution is -2.17. The minimum absolute atomic E-state index is 0.0304. The van der Waals surface area contributed by atoms with Gasteiger partial charge in [-0.3, -0.25) is 9.59 Å². The molecular weight excluding hydrogens is 621 g/mol. The van der Waals surface area contributed by atoms with Gasteiger partial charge in [0, 0.05) is 47.0 Å². The first kappa shape index (κ1) is 32.9. The van der Waals surface area contributed by atoms with Crippen LogP contribution >= 0.6 is 0 Å². The maximum Gasteiger partial charge on any atom is 0.264 e. The van der Waals surface area contributed by atoms with Gasteiger partial charge >= 0.3 is 0 Å². The van der Waals surface area contributed by atoms with E-state index in [9.17, 15) is 26.4 Å².